The summed E-state index contributed by atoms with van der Waals surface area (Å²) in [5.41, 5.74) is 0. The van der Waals surface area contributed by atoms with Crippen molar-refractivity contribution in [3.05, 3.63) is 16.1 Å². The molecule has 1 rings (SSSR count). The lowest BCUT2D eigenvalue weighted by Gasteiger charge is -2.14. The first kappa shape index (κ1) is 15.4. The lowest BCUT2D eigenvalue weighted by molar-refractivity contribution is -0.137. The van der Waals surface area contributed by atoms with Crippen LogP contribution in [-0.4, -0.2) is 28.6 Å². The minimum atomic E-state index is -0.860. The van der Waals surface area contributed by atoms with Crippen LogP contribution in [0.4, 0.5) is 4.79 Å². The molecule has 3 N–H and O–H groups in total. The van der Waals surface area contributed by atoms with Crippen molar-refractivity contribution >= 4 is 23.3 Å². The van der Waals surface area contributed by atoms with E-state index in [1.54, 1.807) is 13.1 Å². The molecule has 0 fully saturated rings. The number of carboxylic acid groups (broad SMARTS) is 1. The van der Waals surface area contributed by atoms with E-state index in [0.717, 1.165) is 9.88 Å². The number of amides is 2. The van der Waals surface area contributed by atoms with Crippen molar-refractivity contribution in [2.45, 2.75) is 33.2 Å². The van der Waals surface area contributed by atoms with Gasteiger partial charge in [0.25, 0.3) is 0 Å². The fourth-order valence-electron chi connectivity index (χ4n) is 1.52. The molecule has 19 heavy (non-hydrogen) atoms. The number of hydrogen-bond acceptors (Lipinski definition) is 4. The molecule has 7 heteroatoms. The number of nitrogens with zero attached hydrogens (tertiary/aromatic N) is 1. The van der Waals surface area contributed by atoms with E-state index >= 15 is 0 Å². The molecule has 1 aromatic rings. The third-order valence-corrected chi connectivity index (χ3v) is 3.59. The molecule has 0 aromatic carbocycles. The first-order chi connectivity index (χ1) is 8.88. The van der Waals surface area contributed by atoms with Gasteiger partial charge in [-0.05, 0) is 19.8 Å². The number of aromatic nitrogens is 1. The van der Waals surface area contributed by atoms with Crippen molar-refractivity contribution in [2.24, 2.45) is 5.92 Å². The number of aliphatic carboxylic acids is 1. The molecular weight excluding hydrogens is 266 g/mol. The highest BCUT2D eigenvalue weighted by Gasteiger charge is 2.13. The predicted octanol–water partition coefficient (Wildman–Crippen LogP) is 1.92. The highest BCUT2D eigenvalue weighted by atomic mass is 32.1. The number of nitrogens with one attached hydrogen (secondary N) is 2. The Morgan fingerprint density at radius 1 is 1.47 bits per heavy atom. The van der Waals surface area contributed by atoms with Gasteiger partial charge >= 0.3 is 12.0 Å². The molecule has 0 spiro atoms. The standard InChI is InChI=1S/C12H19N3O3S/c1-7(4-10(16)17)5-14-12(18)15-9(3)11-13-6-8(2)19-11/h6-7,9H,4-5H2,1-3H3,(H,16,17)(H2,14,15,18). The van der Waals surface area contributed by atoms with E-state index in [-0.39, 0.29) is 24.4 Å². The van der Waals surface area contributed by atoms with Crippen molar-refractivity contribution in [1.29, 1.82) is 0 Å². The number of rotatable bonds is 6. The van der Waals surface area contributed by atoms with Crippen LogP contribution in [-0.2, 0) is 4.79 Å². The molecule has 1 heterocycles. The van der Waals surface area contributed by atoms with Crippen molar-refractivity contribution in [2.75, 3.05) is 6.54 Å². The van der Waals surface area contributed by atoms with Crippen molar-refractivity contribution in [3.8, 4) is 0 Å². The Balaban J connectivity index is 2.33. The van der Waals surface area contributed by atoms with E-state index in [1.807, 2.05) is 13.8 Å². The molecule has 0 aliphatic heterocycles. The van der Waals surface area contributed by atoms with Gasteiger partial charge in [0.1, 0.15) is 5.01 Å². The molecule has 106 valence electrons. The number of aryl methyl sites for hydroxylation is 1. The van der Waals surface area contributed by atoms with Crippen LogP contribution < -0.4 is 10.6 Å². The minimum absolute atomic E-state index is 0.0432. The third-order valence-electron chi connectivity index (χ3n) is 2.49. The molecule has 6 nitrogen and oxygen atoms in total. The smallest absolute Gasteiger partial charge is 0.315 e. The van der Waals surface area contributed by atoms with Crippen molar-refractivity contribution in [1.82, 2.24) is 15.6 Å². The Morgan fingerprint density at radius 2 is 2.16 bits per heavy atom. The van der Waals surface area contributed by atoms with Gasteiger partial charge < -0.3 is 15.7 Å². The lowest BCUT2D eigenvalue weighted by Crippen LogP contribution is -2.39. The molecule has 0 saturated carbocycles. The van der Waals surface area contributed by atoms with E-state index in [9.17, 15) is 9.59 Å². The summed E-state index contributed by atoms with van der Waals surface area (Å²) < 4.78 is 0. The quantitative estimate of drug-likeness (QED) is 0.744. The first-order valence-electron chi connectivity index (χ1n) is 6.07. The second kappa shape index (κ2) is 7.08. The number of urea groups is 1. The molecule has 0 saturated heterocycles. The average molecular weight is 285 g/mol. The van der Waals surface area contributed by atoms with Crippen LogP contribution in [0.1, 0.15) is 36.2 Å². The van der Waals surface area contributed by atoms with Gasteiger partial charge in [0.2, 0.25) is 0 Å². The Kier molecular flexibility index (Phi) is 5.75. The SMILES string of the molecule is Cc1cnc(C(C)NC(=O)NCC(C)CC(=O)O)s1. The van der Waals surface area contributed by atoms with E-state index in [1.165, 1.54) is 11.3 Å². The number of carbonyl (C=O) groups is 2. The summed E-state index contributed by atoms with van der Waals surface area (Å²) in [4.78, 5) is 27.4. The van der Waals surface area contributed by atoms with Gasteiger partial charge in [0, 0.05) is 24.0 Å². The molecule has 2 unspecified atom stereocenters. The van der Waals surface area contributed by atoms with Crippen molar-refractivity contribution in [3.63, 3.8) is 0 Å². The first-order valence-corrected chi connectivity index (χ1v) is 6.88. The number of hydrogen-bond donors (Lipinski definition) is 3. The second-order valence-electron chi connectivity index (χ2n) is 4.59. The molecule has 2 atom stereocenters. The van der Waals surface area contributed by atoms with E-state index < -0.39 is 5.97 Å². The summed E-state index contributed by atoms with van der Waals surface area (Å²) in [6.45, 7) is 5.93. The zero-order chi connectivity index (χ0) is 14.4. The van der Waals surface area contributed by atoms with Crippen LogP contribution in [0, 0.1) is 12.8 Å². The summed E-state index contributed by atoms with van der Waals surface area (Å²) in [5.74, 6) is -0.956. The van der Waals surface area contributed by atoms with Gasteiger partial charge in [0.05, 0.1) is 6.04 Å². The zero-order valence-corrected chi connectivity index (χ0v) is 12.1. The van der Waals surface area contributed by atoms with E-state index in [4.69, 9.17) is 5.11 Å². The average Bonchev–Trinajstić information content (AvgIpc) is 2.72. The van der Waals surface area contributed by atoms with Gasteiger partial charge in [0.15, 0.2) is 0 Å². The van der Waals surface area contributed by atoms with E-state index in [2.05, 4.69) is 15.6 Å². The molecule has 0 bridgehead atoms. The van der Waals surface area contributed by atoms with Gasteiger partial charge in [-0.15, -0.1) is 11.3 Å². The van der Waals surface area contributed by atoms with Crippen LogP contribution in [0.3, 0.4) is 0 Å². The van der Waals surface area contributed by atoms with Crippen LogP contribution in [0.25, 0.3) is 0 Å². The lowest BCUT2D eigenvalue weighted by atomic mass is 10.1. The maximum absolute atomic E-state index is 11.6. The maximum Gasteiger partial charge on any atom is 0.315 e. The summed E-state index contributed by atoms with van der Waals surface area (Å²) >= 11 is 1.54. The van der Waals surface area contributed by atoms with Gasteiger partial charge in [-0.1, -0.05) is 6.92 Å². The zero-order valence-electron chi connectivity index (χ0n) is 11.3. The predicted molar refractivity (Wildman–Crippen MR) is 73.2 cm³/mol. The second-order valence-corrected chi connectivity index (χ2v) is 5.85. The van der Waals surface area contributed by atoms with Crippen LogP contribution in [0.5, 0.6) is 0 Å². The van der Waals surface area contributed by atoms with E-state index in [0.29, 0.717) is 6.54 Å². The van der Waals surface area contributed by atoms with Gasteiger partial charge in [-0.25, -0.2) is 9.78 Å². The highest BCUT2D eigenvalue weighted by molar-refractivity contribution is 7.11. The minimum Gasteiger partial charge on any atom is -0.481 e. The normalized spacial score (nSPS) is 13.6. The number of thiazole rings is 1. The molecule has 2 amide bonds. The Hall–Kier alpha value is -1.63. The summed E-state index contributed by atoms with van der Waals surface area (Å²) in [6, 6.07) is -0.467. The fourth-order valence-corrected chi connectivity index (χ4v) is 2.30. The number of carbonyl (C=O) groups excluding carboxylic acids is 1. The topological polar surface area (TPSA) is 91.3 Å². The van der Waals surface area contributed by atoms with Gasteiger partial charge in [-0.2, -0.15) is 0 Å². The van der Waals surface area contributed by atoms with Gasteiger partial charge in [-0.3, -0.25) is 4.79 Å². The summed E-state index contributed by atoms with van der Waals surface area (Å²) in [6.07, 6.45) is 1.81. The largest absolute Gasteiger partial charge is 0.481 e. The summed E-state index contributed by atoms with van der Waals surface area (Å²) in [7, 11) is 0. The van der Waals surface area contributed by atoms with Crippen LogP contribution >= 0.6 is 11.3 Å². The highest BCUT2D eigenvalue weighted by Crippen LogP contribution is 2.18. The Labute approximate surface area is 116 Å². The Morgan fingerprint density at radius 3 is 2.68 bits per heavy atom. The van der Waals surface area contributed by atoms with Crippen LogP contribution in [0.15, 0.2) is 6.20 Å². The molecule has 0 aliphatic carbocycles. The molecule has 1 aromatic heterocycles. The monoisotopic (exact) mass is 285 g/mol. The van der Waals surface area contributed by atoms with Crippen LogP contribution in [0.2, 0.25) is 0 Å². The number of carboxylic acids is 1. The molecule has 0 radical (unpaired) electrons. The van der Waals surface area contributed by atoms with Crippen molar-refractivity contribution < 1.29 is 14.7 Å². The summed E-state index contributed by atoms with van der Waals surface area (Å²) in [5, 5.41) is 14.9. The molecular formula is C12H19N3O3S. The third kappa shape index (κ3) is 5.69. The molecule has 0 aliphatic rings. The Bertz CT molecular complexity index is 447. The maximum atomic E-state index is 11.6. The fraction of sp³-hybridized carbons (Fsp3) is 0.583.